The third kappa shape index (κ3) is 2.82. The van der Waals surface area contributed by atoms with E-state index in [0.717, 1.165) is 0 Å². The number of nitrogens with zero attached hydrogens (tertiary/aromatic N) is 1. The lowest BCUT2D eigenvalue weighted by Crippen LogP contribution is -2.12. The number of primary amides is 1. The number of benzene rings is 2. The number of amides is 1. The number of nitriles is 1. The highest BCUT2D eigenvalue weighted by atomic mass is 16.5. The summed E-state index contributed by atoms with van der Waals surface area (Å²) in [6.07, 6.45) is 0. The third-order valence-corrected chi connectivity index (χ3v) is 2.48. The first kappa shape index (κ1) is 12.5. The molecule has 0 radical (unpaired) electrons. The van der Waals surface area contributed by atoms with Gasteiger partial charge in [0.1, 0.15) is 11.5 Å². The fraction of sp³-hybridized carbons (Fsp3) is 0. The van der Waals surface area contributed by atoms with Gasteiger partial charge in [-0.15, -0.1) is 0 Å². The van der Waals surface area contributed by atoms with Crippen LogP contribution in [-0.4, -0.2) is 5.91 Å². The van der Waals surface area contributed by atoms with Crippen LogP contribution in [0.25, 0.3) is 0 Å². The SMILES string of the molecule is N#Cc1ccc(Oc2cc(N)ccc2C(N)=O)cc1. The van der Waals surface area contributed by atoms with Crippen molar-refractivity contribution < 1.29 is 9.53 Å². The Hall–Kier alpha value is -3.00. The Morgan fingerprint density at radius 3 is 2.42 bits per heavy atom. The van der Waals surface area contributed by atoms with Gasteiger partial charge in [0.05, 0.1) is 17.2 Å². The fourth-order valence-electron chi connectivity index (χ4n) is 1.55. The molecule has 0 saturated heterocycles. The van der Waals surface area contributed by atoms with Gasteiger partial charge in [0.15, 0.2) is 0 Å². The minimum atomic E-state index is -0.594. The smallest absolute Gasteiger partial charge is 0.252 e. The average molecular weight is 253 g/mol. The van der Waals surface area contributed by atoms with Crippen LogP contribution in [0.2, 0.25) is 0 Å². The predicted molar refractivity (Wildman–Crippen MR) is 70.6 cm³/mol. The van der Waals surface area contributed by atoms with Crippen molar-refractivity contribution in [3.63, 3.8) is 0 Å². The standard InChI is InChI=1S/C14H11N3O2/c15-8-9-1-4-11(5-2-9)19-13-7-10(16)3-6-12(13)14(17)18/h1-7H,16H2,(H2,17,18). The molecular formula is C14H11N3O2. The number of nitrogens with two attached hydrogens (primary N) is 2. The zero-order valence-electron chi connectivity index (χ0n) is 9.96. The topological polar surface area (TPSA) is 102 Å². The van der Waals surface area contributed by atoms with Crippen molar-refractivity contribution in [2.24, 2.45) is 5.73 Å². The van der Waals surface area contributed by atoms with E-state index in [1.807, 2.05) is 6.07 Å². The lowest BCUT2D eigenvalue weighted by Gasteiger charge is -2.10. The molecule has 0 spiro atoms. The predicted octanol–water partition coefficient (Wildman–Crippen LogP) is 2.03. The van der Waals surface area contributed by atoms with Crippen LogP contribution in [-0.2, 0) is 0 Å². The molecule has 19 heavy (non-hydrogen) atoms. The summed E-state index contributed by atoms with van der Waals surface area (Å²) in [5.41, 5.74) is 12.2. The van der Waals surface area contributed by atoms with Gasteiger partial charge < -0.3 is 16.2 Å². The monoisotopic (exact) mass is 253 g/mol. The van der Waals surface area contributed by atoms with Gasteiger partial charge in [-0.1, -0.05) is 0 Å². The Balaban J connectivity index is 2.34. The lowest BCUT2D eigenvalue weighted by molar-refractivity contribution is 0.0998. The summed E-state index contributed by atoms with van der Waals surface area (Å²) in [5.74, 6) is 0.188. The van der Waals surface area contributed by atoms with Crippen LogP contribution in [0.4, 0.5) is 5.69 Å². The molecule has 4 N–H and O–H groups in total. The molecule has 0 fully saturated rings. The molecule has 2 aromatic rings. The summed E-state index contributed by atoms with van der Waals surface area (Å²) in [7, 11) is 0. The highest BCUT2D eigenvalue weighted by Crippen LogP contribution is 2.27. The molecule has 0 aliphatic carbocycles. The second-order valence-corrected chi connectivity index (χ2v) is 3.86. The minimum Gasteiger partial charge on any atom is -0.456 e. The van der Waals surface area contributed by atoms with Gasteiger partial charge in [0.25, 0.3) is 5.91 Å². The molecule has 0 bridgehead atoms. The number of carbonyl (C=O) groups is 1. The van der Waals surface area contributed by atoms with Gasteiger partial charge in [-0.2, -0.15) is 5.26 Å². The first-order valence-electron chi connectivity index (χ1n) is 5.47. The van der Waals surface area contributed by atoms with E-state index in [1.165, 1.54) is 12.1 Å². The van der Waals surface area contributed by atoms with Crippen molar-refractivity contribution in [3.05, 3.63) is 53.6 Å². The number of anilines is 1. The van der Waals surface area contributed by atoms with Gasteiger partial charge in [-0.05, 0) is 36.4 Å². The Bertz CT molecular complexity index is 657. The summed E-state index contributed by atoms with van der Waals surface area (Å²) in [4.78, 5) is 11.3. The molecule has 0 aromatic heterocycles. The molecule has 2 aromatic carbocycles. The van der Waals surface area contributed by atoms with Crippen LogP contribution in [0.15, 0.2) is 42.5 Å². The zero-order chi connectivity index (χ0) is 13.8. The fourth-order valence-corrected chi connectivity index (χ4v) is 1.55. The Labute approximate surface area is 110 Å². The number of hydrogen-bond acceptors (Lipinski definition) is 4. The summed E-state index contributed by atoms with van der Waals surface area (Å²) in [6.45, 7) is 0. The lowest BCUT2D eigenvalue weighted by atomic mass is 10.1. The van der Waals surface area contributed by atoms with Crippen LogP contribution in [0.3, 0.4) is 0 Å². The van der Waals surface area contributed by atoms with Crippen LogP contribution in [0.1, 0.15) is 15.9 Å². The van der Waals surface area contributed by atoms with Crippen LogP contribution < -0.4 is 16.2 Å². The zero-order valence-corrected chi connectivity index (χ0v) is 9.96. The molecule has 0 aliphatic heterocycles. The molecule has 0 saturated carbocycles. The minimum absolute atomic E-state index is 0.249. The number of hydrogen-bond donors (Lipinski definition) is 2. The van der Waals surface area contributed by atoms with E-state index in [0.29, 0.717) is 17.0 Å². The highest BCUT2D eigenvalue weighted by molar-refractivity contribution is 5.96. The molecule has 0 unspecified atom stereocenters. The van der Waals surface area contributed by atoms with Crippen LogP contribution >= 0.6 is 0 Å². The molecule has 5 nitrogen and oxygen atoms in total. The highest BCUT2D eigenvalue weighted by Gasteiger charge is 2.10. The van der Waals surface area contributed by atoms with Gasteiger partial charge in [-0.3, -0.25) is 4.79 Å². The molecule has 1 amide bonds. The van der Waals surface area contributed by atoms with Gasteiger partial charge >= 0.3 is 0 Å². The second-order valence-electron chi connectivity index (χ2n) is 3.86. The molecule has 94 valence electrons. The Kier molecular flexibility index (Phi) is 3.35. The summed E-state index contributed by atoms with van der Waals surface area (Å²) >= 11 is 0. The van der Waals surface area contributed by atoms with Crippen molar-refractivity contribution in [2.45, 2.75) is 0 Å². The van der Waals surface area contributed by atoms with E-state index in [2.05, 4.69) is 0 Å². The van der Waals surface area contributed by atoms with Crippen molar-refractivity contribution in [1.82, 2.24) is 0 Å². The second kappa shape index (κ2) is 5.10. The molecule has 0 atom stereocenters. The molecule has 0 heterocycles. The number of carbonyl (C=O) groups excluding carboxylic acids is 1. The van der Waals surface area contributed by atoms with E-state index in [4.69, 9.17) is 21.5 Å². The normalized spacial score (nSPS) is 9.63. The molecular weight excluding hydrogens is 242 g/mol. The molecule has 0 aliphatic rings. The van der Waals surface area contributed by atoms with E-state index < -0.39 is 5.91 Å². The molecule has 5 heteroatoms. The van der Waals surface area contributed by atoms with Crippen molar-refractivity contribution in [1.29, 1.82) is 5.26 Å². The first-order valence-corrected chi connectivity index (χ1v) is 5.47. The number of nitrogen functional groups attached to an aromatic ring is 1. The van der Waals surface area contributed by atoms with E-state index in [-0.39, 0.29) is 11.3 Å². The maximum absolute atomic E-state index is 11.3. The summed E-state index contributed by atoms with van der Waals surface area (Å²) in [6, 6.07) is 13.1. The summed E-state index contributed by atoms with van der Waals surface area (Å²) < 4.78 is 5.56. The van der Waals surface area contributed by atoms with Crippen molar-refractivity contribution >= 4 is 11.6 Å². The van der Waals surface area contributed by atoms with Crippen LogP contribution in [0, 0.1) is 11.3 Å². The number of rotatable bonds is 3. The van der Waals surface area contributed by atoms with Gasteiger partial charge in [-0.25, -0.2) is 0 Å². The van der Waals surface area contributed by atoms with Crippen LogP contribution in [0.5, 0.6) is 11.5 Å². The quantitative estimate of drug-likeness (QED) is 0.817. The van der Waals surface area contributed by atoms with E-state index in [1.54, 1.807) is 30.3 Å². The maximum atomic E-state index is 11.3. The first-order chi connectivity index (χ1) is 9.10. The van der Waals surface area contributed by atoms with Crippen molar-refractivity contribution in [2.75, 3.05) is 5.73 Å². The molecule has 2 rings (SSSR count). The Morgan fingerprint density at radius 2 is 1.84 bits per heavy atom. The van der Waals surface area contributed by atoms with Crippen molar-refractivity contribution in [3.8, 4) is 17.6 Å². The van der Waals surface area contributed by atoms with Gasteiger partial charge in [0, 0.05) is 11.8 Å². The van der Waals surface area contributed by atoms with E-state index >= 15 is 0 Å². The maximum Gasteiger partial charge on any atom is 0.252 e. The largest absolute Gasteiger partial charge is 0.456 e. The third-order valence-electron chi connectivity index (χ3n) is 2.48. The van der Waals surface area contributed by atoms with Gasteiger partial charge in [0.2, 0.25) is 0 Å². The number of ether oxygens (including phenoxy) is 1. The summed E-state index contributed by atoms with van der Waals surface area (Å²) in [5, 5.41) is 8.70. The average Bonchev–Trinajstić information content (AvgIpc) is 2.39. The van der Waals surface area contributed by atoms with E-state index in [9.17, 15) is 4.79 Å². The Morgan fingerprint density at radius 1 is 1.16 bits per heavy atom.